The summed E-state index contributed by atoms with van der Waals surface area (Å²) in [6.45, 7) is 0. The lowest BCUT2D eigenvalue weighted by Crippen LogP contribution is -2.58. The molecule has 2 saturated heterocycles. The zero-order valence-electron chi connectivity index (χ0n) is 20.5. The van der Waals surface area contributed by atoms with Crippen LogP contribution in [0.3, 0.4) is 0 Å². The number of rotatable bonds is 3. The number of nitrogens with zero attached hydrogens (tertiary/aromatic N) is 3. The third-order valence-electron chi connectivity index (χ3n) is 8.05. The van der Waals surface area contributed by atoms with E-state index in [4.69, 9.17) is 5.73 Å². The number of aryl methyl sites for hydroxylation is 1. The van der Waals surface area contributed by atoms with Gasteiger partial charge in [0.1, 0.15) is 17.7 Å². The highest BCUT2D eigenvalue weighted by Gasteiger charge is 2.48. The fourth-order valence-electron chi connectivity index (χ4n) is 6.12. The lowest BCUT2D eigenvalue weighted by molar-refractivity contribution is 0.0359. The second-order valence-electron chi connectivity index (χ2n) is 10.2. The van der Waals surface area contributed by atoms with Crippen LogP contribution in [-0.4, -0.2) is 27.1 Å². The predicted molar refractivity (Wildman–Crippen MR) is 138 cm³/mol. The SMILES string of the molecule is Cn1ccc2cc(-c3ccc(C(=O)N4C5CCCC4(N)CC5)cc3-c3ccc(C#N)c(F)c3)c(F)cc21. The largest absolute Gasteiger partial charge is 0.350 e. The smallest absolute Gasteiger partial charge is 0.255 e. The minimum absolute atomic E-state index is 0.0793. The van der Waals surface area contributed by atoms with Gasteiger partial charge in [0, 0.05) is 35.8 Å². The normalized spacial score (nSPS) is 20.8. The fraction of sp³-hybridized carbons (Fsp3) is 0.267. The minimum Gasteiger partial charge on any atom is -0.350 e. The molecule has 6 rings (SSSR count). The third kappa shape index (κ3) is 3.71. The zero-order valence-corrected chi connectivity index (χ0v) is 20.5. The van der Waals surface area contributed by atoms with Crippen molar-refractivity contribution in [2.24, 2.45) is 12.8 Å². The van der Waals surface area contributed by atoms with Crippen LogP contribution >= 0.6 is 0 Å². The Morgan fingerprint density at radius 1 is 1.00 bits per heavy atom. The fourth-order valence-corrected chi connectivity index (χ4v) is 6.12. The maximum atomic E-state index is 15.4. The summed E-state index contributed by atoms with van der Waals surface area (Å²) in [6, 6.07) is 16.5. The monoisotopic (exact) mass is 496 g/mol. The van der Waals surface area contributed by atoms with Gasteiger partial charge in [-0.25, -0.2) is 8.78 Å². The Hall–Kier alpha value is -4.02. The number of piperidine rings is 1. The standard InChI is InChI=1S/C30H26F2N4O/c1-35-12-9-19-13-25(27(32)16-28(19)35)23-7-6-20(14-24(23)18-4-5-21(17-33)26(31)15-18)29(37)36-22-3-2-10-30(36,34)11-8-22/h4-7,9,12-16,22H,2-3,8,10-11,34H2,1H3. The zero-order chi connectivity index (χ0) is 25.9. The number of carbonyl (C=O) groups excluding carboxylic acids is 1. The van der Waals surface area contributed by atoms with Crippen molar-refractivity contribution in [3.05, 3.63) is 83.6 Å². The number of halogens is 2. The van der Waals surface area contributed by atoms with Crippen molar-refractivity contribution >= 4 is 16.8 Å². The van der Waals surface area contributed by atoms with Crippen LogP contribution in [-0.2, 0) is 7.05 Å². The number of amides is 1. The Morgan fingerprint density at radius 3 is 2.59 bits per heavy atom. The van der Waals surface area contributed by atoms with Crippen LogP contribution in [0, 0.1) is 23.0 Å². The quantitative estimate of drug-likeness (QED) is 0.372. The molecule has 2 fully saturated rings. The number of hydrogen-bond acceptors (Lipinski definition) is 3. The first kappa shape index (κ1) is 23.4. The van der Waals surface area contributed by atoms with Crippen molar-refractivity contribution in [1.82, 2.24) is 9.47 Å². The van der Waals surface area contributed by atoms with E-state index in [0.29, 0.717) is 27.8 Å². The van der Waals surface area contributed by atoms with Crippen molar-refractivity contribution in [1.29, 1.82) is 5.26 Å². The van der Waals surface area contributed by atoms with Crippen LogP contribution in [0.5, 0.6) is 0 Å². The highest BCUT2D eigenvalue weighted by Crippen LogP contribution is 2.43. The first-order valence-electron chi connectivity index (χ1n) is 12.5. The average Bonchev–Trinajstić information content (AvgIpc) is 3.34. The van der Waals surface area contributed by atoms with Crippen molar-refractivity contribution < 1.29 is 13.6 Å². The van der Waals surface area contributed by atoms with E-state index in [1.807, 2.05) is 34.8 Å². The lowest BCUT2D eigenvalue weighted by Gasteiger charge is -2.42. The van der Waals surface area contributed by atoms with Crippen molar-refractivity contribution in [3.8, 4) is 28.3 Å². The van der Waals surface area contributed by atoms with Crippen LogP contribution < -0.4 is 5.73 Å². The molecular weight excluding hydrogens is 470 g/mol. The minimum atomic E-state index is -0.670. The van der Waals surface area contributed by atoms with Gasteiger partial charge in [0.2, 0.25) is 0 Å². The molecule has 186 valence electrons. The Bertz CT molecular complexity index is 1610. The molecule has 2 atom stereocenters. The van der Waals surface area contributed by atoms with Gasteiger partial charge in [-0.15, -0.1) is 0 Å². The Labute approximate surface area is 213 Å². The molecule has 2 aliphatic rings. The predicted octanol–water partition coefficient (Wildman–Crippen LogP) is 6.11. The van der Waals surface area contributed by atoms with Crippen LogP contribution in [0.15, 0.2) is 60.8 Å². The Morgan fingerprint density at radius 2 is 1.84 bits per heavy atom. The number of nitrogens with two attached hydrogens (primary N) is 1. The summed E-state index contributed by atoms with van der Waals surface area (Å²) in [5, 5.41) is 10.1. The van der Waals surface area contributed by atoms with Crippen LogP contribution in [0.1, 0.15) is 48.0 Å². The maximum absolute atomic E-state index is 15.4. The molecule has 3 aromatic carbocycles. The van der Waals surface area contributed by atoms with E-state index in [2.05, 4.69) is 0 Å². The average molecular weight is 497 g/mol. The van der Waals surface area contributed by atoms with Gasteiger partial charge in [-0.05, 0) is 91.3 Å². The van der Waals surface area contributed by atoms with E-state index >= 15 is 4.39 Å². The molecule has 1 amide bonds. The number of nitriles is 1. The van der Waals surface area contributed by atoms with E-state index in [1.165, 1.54) is 18.2 Å². The van der Waals surface area contributed by atoms with Gasteiger partial charge in [-0.3, -0.25) is 4.79 Å². The van der Waals surface area contributed by atoms with E-state index < -0.39 is 17.3 Å². The van der Waals surface area contributed by atoms with E-state index in [0.717, 1.165) is 43.0 Å². The molecule has 2 N–H and O–H groups in total. The number of hydrogen-bond donors (Lipinski definition) is 1. The third-order valence-corrected chi connectivity index (χ3v) is 8.05. The van der Waals surface area contributed by atoms with E-state index in [-0.39, 0.29) is 17.5 Å². The van der Waals surface area contributed by atoms with E-state index in [9.17, 15) is 14.4 Å². The van der Waals surface area contributed by atoms with E-state index in [1.54, 1.807) is 30.3 Å². The summed E-state index contributed by atoms with van der Waals surface area (Å²) in [6.07, 6.45) is 6.22. The molecular formula is C30H26F2N4O. The molecule has 0 aliphatic carbocycles. The second kappa shape index (κ2) is 8.53. The first-order chi connectivity index (χ1) is 17.8. The van der Waals surface area contributed by atoms with Gasteiger partial charge >= 0.3 is 0 Å². The van der Waals surface area contributed by atoms with Crippen molar-refractivity contribution in [2.45, 2.75) is 43.8 Å². The number of benzene rings is 3. The van der Waals surface area contributed by atoms with Gasteiger partial charge in [0.05, 0.1) is 16.7 Å². The van der Waals surface area contributed by atoms with Crippen molar-refractivity contribution in [2.75, 3.05) is 0 Å². The van der Waals surface area contributed by atoms with Gasteiger partial charge < -0.3 is 15.2 Å². The molecule has 2 aliphatic heterocycles. The molecule has 37 heavy (non-hydrogen) atoms. The summed E-state index contributed by atoms with van der Waals surface area (Å²) < 4.78 is 32.0. The number of fused-ring (bicyclic) bond motifs is 3. The van der Waals surface area contributed by atoms with Crippen LogP contribution in [0.4, 0.5) is 8.78 Å². The Kier molecular flexibility index (Phi) is 5.39. The molecule has 4 aromatic rings. The molecule has 5 nitrogen and oxygen atoms in total. The summed E-state index contributed by atoms with van der Waals surface area (Å²) in [4.78, 5) is 15.6. The highest BCUT2D eigenvalue weighted by molar-refractivity contribution is 5.99. The van der Waals surface area contributed by atoms with Gasteiger partial charge in [-0.2, -0.15) is 5.26 Å². The molecule has 0 spiro atoms. The second-order valence-corrected chi connectivity index (χ2v) is 10.2. The summed E-state index contributed by atoms with van der Waals surface area (Å²) in [5.74, 6) is -1.25. The van der Waals surface area contributed by atoms with Gasteiger partial charge in [-0.1, -0.05) is 12.1 Å². The highest BCUT2D eigenvalue weighted by atomic mass is 19.1. The molecule has 2 bridgehead atoms. The summed E-state index contributed by atoms with van der Waals surface area (Å²) >= 11 is 0. The summed E-state index contributed by atoms with van der Waals surface area (Å²) in [7, 11) is 1.85. The molecule has 1 aromatic heterocycles. The topological polar surface area (TPSA) is 75.1 Å². The van der Waals surface area contributed by atoms with Gasteiger partial charge in [0.15, 0.2) is 0 Å². The summed E-state index contributed by atoms with van der Waals surface area (Å²) in [5.41, 5.74) is 8.96. The van der Waals surface area contributed by atoms with Crippen LogP contribution in [0.25, 0.3) is 33.2 Å². The number of aromatic nitrogens is 1. The molecule has 0 radical (unpaired) electrons. The Balaban J connectivity index is 1.52. The molecule has 7 heteroatoms. The molecule has 2 unspecified atom stereocenters. The van der Waals surface area contributed by atoms with Gasteiger partial charge in [0.25, 0.3) is 5.91 Å². The lowest BCUT2D eigenvalue weighted by atomic mass is 9.90. The molecule has 3 heterocycles. The molecule has 0 saturated carbocycles. The maximum Gasteiger partial charge on any atom is 0.255 e. The van der Waals surface area contributed by atoms with Crippen LogP contribution in [0.2, 0.25) is 0 Å². The number of carbonyl (C=O) groups is 1. The van der Waals surface area contributed by atoms with Crippen molar-refractivity contribution in [3.63, 3.8) is 0 Å². The first-order valence-corrected chi connectivity index (χ1v) is 12.5.